The fourth-order valence-electron chi connectivity index (χ4n) is 3.74. The van der Waals surface area contributed by atoms with Crippen LogP contribution in [0.25, 0.3) is 0 Å². The highest BCUT2D eigenvalue weighted by Gasteiger charge is 2.22. The van der Waals surface area contributed by atoms with Gasteiger partial charge < -0.3 is 14.6 Å². The second kappa shape index (κ2) is 13.1. The van der Waals surface area contributed by atoms with Crippen molar-refractivity contribution >= 4 is 37.6 Å². The van der Waals surface area contributed by atoms with E-state index in [9.17, 15) is 36.3 Å². The molecule has 0 saturated carbocycles. The maximum Gasteiger partial charge on any atom is 0.397 e. The molecule has 0 atom stereocenters. The lowest BCUT2D eigenvalue weighted by Crippen LogP contribution is -2.50. The minimum absolute atomic E-state index is 0.0234. The van der Waals surface area contributed by atoms with Gasteiger partial charge in [0.05, 0.1) is 48.4 Å². The molecule has 0 bridgehead atoms. The van der Waals surface area contributed by atoms with Crippen molar-refractivity contribution in [3.63, 3.8) is 0 Å². The number of anilines is 2. The Bertz CT molecular complexity index is 2020. The largest absolute Gasteiger partial charge is 0.495 e. The van der Waals surface area contributed by atoms with Crippen molar-refractivity contribution in [2.45, 2.75) is 18.7 Å². The Labute approximate surface area is 244 Å². The molecular formula is C25H26N4O12S2. The van der Waals surface area contributed by atoms with Crippen LogP contribution in [0.1, 0.15) is 21.5 Å². The number of carbonyl (C=O) groups is 1. The van der Waals surface area contributed by atoms with Gasteiger partial charge in [-0.25, -0.2) is 17.4 Å². The maximum absolute atomic E-state index is 13.2. The van der Waals surface area contributed by atoms with Crippen LogP contribution in [0.4, 0.5) is 11.4 Å². The summed E-state index contributed by atoms with van der Waals surface area (Å²) in [5.41, 5.74) is 3.55. The second-order valence-corrected chi connectivity index (χ2v) is 12.0. The van der Waals surface area contributed by atoms with Gasteiger partial charge >= 0.3 is 16.4 Å². The number of aryl methyl sites for hydroxylation is 2. The molecule has 3 aromatic rings. The van der Waals surface area contributed by atoms with Crippen LogP contribution in [0.2, 0.25) is 0 Å². The van der Waals surface area contributed by atoms with Crippen LogP contribution in [0.5, 0.6) is 11.5 Å². The molecule has 0 unspecified atom stereocenters. The van der Waals surface area contributed by atoms with Gasteiger partial charge in [-0.05, 0) is 43.2 Å². The molecule has 0 aliphatic heterocycles. The number of carboxylic acid groups (broad SMARTS) is 1. The Morgan fingerprint density at radius 2 is 1.49 bits per heavy atom. The molecule has 3 rings (SSSR count). The highest BCUT2D eigenvalue weighted by atomic mass is 32.3. The average molecular weight is 639 g/mol. The zero-order valence-electron chi connectivity index (χ0n) is 23.1. The van der Waals surface area contributed by atoms with E-state index in [4.69, 9.17) is 14.0 Å². The van der Waals surface area contributed by atoms with Crippen LogP contribution in [-0.4, -0.2) is 59.0 Å². The molecule has 0 aromatic heterocycles. The van der Waals surface area contributed by atoms with E-state index < -0.39 is 65.7 Å². The van der Waals surface area contributed by atoms with Gasteiger partial charge in [-0.2, -0.15) is 18.6 Å². The molecular weight excluding hydrogens is 612 g/mol. The molecule has 0 fully saturated rings. The fraction of sp³-hybridized carbons (Fsp3) is 0.240. The van der Waals surface area contributed by atoms with E-state index in [2.05, 4.69) is 25.2 Å². The second-order valence-electron chi connectivity index (χ2n) is 8.79. The number of carboxylic acids is 1. The third-order valence-corrected chi connectivity index (χ3v) is 8.05. The maximum atomic E-state index is 13.2. The molecule has 0 saturated heterocycles. The Balaban J connectivity index is 2.06. The SMILES string of the molecule is COc1cc(C)ccc1NN=c1c(C(=O)O)cc(=O)c(=NNc2cc(C)c(S(=O)(=O)CCOS(=O)(=O)O)cc2OC)c1=O. The number of nitrogens with one attached hydrogen (secondary N) is 2. The number of rotatable bonds is 12. The molecule has 230 valence electrons. The zero-order valence-corrected chi connectivity index (χ0v) is 24.7. The molecule has 16 nitrogen and oxygen atoms in total. The van der Waals surface area contributed by atoms with Gasteiger partial charge in [0, 0.05) is 12.1 Å². The molecule has 4 N–H and O–H groups in total. The summed E-state index contributed by atoms with van der Waals surface area (Å²) in [6.07, 6.45) is 0. The van der Waals surface area contributed by atoms with Gasteiger partial charge in [-0.1, -0.05) is 6.07 Å². The van der Waals surface area contributed by atoms with Gasteiger partial charge in [0.2, 0.25) is 10.9 Å². The lowest BCUT2D eigenvalue weighted by atomic mass is 10.2. The van der Waals surface area contributed by atoms with E-state index in [0.29, 0.717) is 17.5 Å². The predicted octanol–water partition coefficient (Wildman–Crippen LogP) is 0.0635. The van der Waals surface area contributed by atoms with Crippen LogP contribution in [0.3, 0.4) is 0 Å². The monoisotopic (exact) mass is 638 g/mol. The topological polar surface area (TPSA) is 236 Å². The first-order chi connectivity index (χ1) is 20.1. The third-order valence-electron chi connectivity index (χ3n) is 5.77. The van der Waals surface area contributed by atoms with Crippen LogP contribution >= 0.6 is 0 Å². The van der Waals surface area contributed by atoms with E-state index in [1.807, 2.05) is 6.92 Å². The Morgan fingerprint density at radius 1 is 0.884 bits per heavy atom. The molecule has 0 spiro atoms. The summed E-state index contributed by atoms with van der Waals surface area (Å²) in [6.45, 7) is 2.38. The number of ether oxygens (including phenoxy) is 2. The molecule has 3 aromatic carbocycles. The summed E-state index contributed by atoms with van der Waals surface area (Å²) in [4.78, 5) is 37.4. The first-order valence-corrected chi connectivity index (χ1v) is 15.0. The standard InChI is InChI=1S/C25H26N4O12S2/c1-13-5-6-16(19(9-13)39-3)26-28-22-15(25(32)33)11-18(30)23(24(22)31)29-27-17-10-14(2)21(12-20(17)40-4)42(34,35)8-7-41-43(36,37)38/h5-6,9-12,26-27H,7-8H2,1-4H3,(H,32,33)(H,36,37,38). The van der Waals surface area contributed by atoms with E-state index in [0.717, 1.165) is 11.6 Å². The summed E-state index contributed by atoms with van der Waals surface area (Å²) in [7, 11) is -6.35. The highest BCUT2D eigenvalue weighted by Crippen LogP contribution is 2.31. The minimum atomic E-state index is -4.84. The zero-order chi connectivity index (χ0) is 32.1. The van der Waals surface area contributed by atoms with Crippen molar-refractivity contribution in [1.29, 1.82) is 0 Å². The van der Waals surface area contributed by atoms with Gasteiger partial charge in [-0.3, -0.25) is 25.0 Å². The summed E-state index contributed by atoms with van der Waals surface area (Å²) in [5.74, 6) is -2.11. The van der Waals surface area contributed by atoms with Gasteiger partial charge in [0.25, 0.3) is 0 Å². The quantitative estimate of drug-likeness (QED) is 0.152. The molecule has 0 heterocycles. The minimum Gasteiger partial charge on any atom is -0.495 e. The van der Waals surface area contributed by atoms with Crippen LogP contribution < -0.4 is 41.9 Å². The number of sulfone groups is 1. The van der Waals surface area contributed by atoms with Crippen molar-refractivity contribution in [3.05, 3.63) is 84.2 Å². The molecule has 43 heavy (non-hydrogen) atoms. The van der Waals surface area contributed by atoms with E-state index in [1.165, 1.54) is 27.2 Å². The Hall–Kier alpha value is -4.65. The van der Waals surface area contributed by atoms with E-state index in [1.54, 1.807) is 18.2 Å². The molecule has 0 aliphatic carbocycles. The van der Waals surface area contributed by atoms with Crippen molar-refractivity contribution in [1.82, 2.24) is 0 Å². The fourth-order valence-corrected chi connectivity index (χ4v) is 5.50. The number of benzene rings is 3. The van der Waals surface area contributed by atoms with Gasteiger partial charge in [-0.15, -0.1) is 0 Å². The smallest absolute Gasteiger partial charge is 0.397 e. The number of methoxy groups -OCH3 is 2. The number of nitrogens with zero attached hydrogens (tertiary/aromatic N) is 2. The highest BCUT2D eigenvalue weighted by molar-refractivity contribution is 7.91. The number of hydrogen-bond donors (Lipinski definition) is 4. The third kappa shape index (κ3) is 8.01. The van der Waals surface area contributed by atoms with E-state index in [-0.39, 0.29) is 21.9 Å². The van der Waals surface area contributed by atoms with Gasteiger partial charge in [0.1, 0.15) is 16.9 Å². The van der Waals surface area contributed by atoms with E-state index >= 15 is 0 Å². The van der Waals surface area contributed by atoms with Crippen molar-refractivity contribution in [2.24, 2.45) is 10.2 Å². The van der Waals surface area contributed by atoms with Crippen LogP contribution in [0.15, 0.2) is 61.1 Å². The van der Waals surface area contributed by atoms with Crippen molar-refractivity contribution < 1.29 is 44.9 Å². The number of hydrogen-bond acceptors (Lipinski definition) is 14. The molecule has 0 amide bonds. The predicted molar refractivity (Wildman–Crippen MR) is 152 cm³/mol. The Kier molecular flexibility index (Phi) is 10.0. The summed E-state index contributed by atoms with van der Waals surface area (Å²) in [5, 5.41) is 16.0. The normalized spacial score (nSPS) is 12.7. The first kappa shape index (κ1) is 32.9. The summed E-state index contributed by atoms with van der Waals surface area (Å²) in [6, 6.07) is 8.05. The van der Waals surface area contributed by atoms with Crippen molar-refractivity contribution in [3.8, 4) is 11.5 Å². The summed E-state index contributed by atoms with van der Waals surface area (Å²) >= 11 is 0. The van der Waals surface area contributed by atoms with Crippen LogP contribution in [-0.2, 0) is 24.4 Å². The van der Waals surface area contributed by atoms with Crippen LogP contribution in [0, 0.1) is 13.8 Å². The first-order valence-electron chi connectivity index (χ1n) is 12.0. The van der Waals surface area contributed by atoms with Gasteiger partial charge in [0.15, 0.2) is 15.2 Å². The number of aromatic carboxylic acids is 1. The molecule has 18 heteroatoms. The average Bonchev–Trinajstić information content (AvgIpc) is 2.91. The lowest BCUT2D eigenvalue weighted by molar-refractivity contribution is 0.0694. The van der Waals surface area contributed by atoms with Crippen molar-refractivity contribution in [2.75, 3.05) is 37.4 Å². The lowest BCUT2D eigenvalue weighted by Gasteiger charge is -2.13. The molecule has 0 radical (unpaired) electrons. The molecule has 0 aliphatic rings. The Morgan fingerprint density at radius 3 is 2.09 bits per heavy atom. The summed E-state index contributed by atoms with van der Waals surface area (Å²) < 4.78 is 70.1.